The summed E-state index contributed by atoms with van der Waals surface area (Å²) in [7, 11) is 0. The van der Waals surface area contributed by atoms with Gasteiger partial charge in [-0.05, 0) is 36.1 Å². The van der Waals surface area contributed by atoms with Gasteiger partial charge in [-0.3, -0.25) is 0 Å². The van der Waals surface area contributed by atoms with Gasteiger partial charge >= 0.3 is 0 Å². The van der Waals surface area contributed by atoms with Crippen LogP contribution in [0, 0.1) is 0 Å². The molecule has 0 aliphatic heterocycles. The number of hydrogen-bond acceptors (Lipinski definition) is 5. The number of halogens is 1. The highest BCUT2D eigenvalue weighted by atomic mass is 35.5. The lowest BCUT2D eigenvalue weighted by Crippen LogP contribution is -2.04. The molecule has 0 atom stereocenters. The molecule has 1 aromatic carbocycles. The Morgan fingerprint density at radius 3 is 3.04 bits per heavy atom. The van der Waals surface area contributed by atoms with Crippen LogP contribution in [-0.2, 0) is 13.0 Å². The van der Waals surface area contributed by atoms with Crippen LogP contribution in [0.4, 0.5) is 0 Å². The lowest BCUT2D eigenvalue weighted by atomic mass is 10.3. The molecule has 0 saturated carbocycles. The normalized spacial score (nSPS) is 10.8. The first-order valence-corrected chi connectivity index (χ1v) is 9.47. The molecule has 0 N–H and O–H groups in total. The van der Waals surface area contributed by atoms with Gasteiger partial charge in [-0.1, -0.05) is 35.5 Å². The topological polar surface area (TPSA) is 39.9 Å². The fourth-order valence-electron chi connectivity index (χ4n) is 2.04. The van der Waals surface area contributed by atoms with Crippen molar-refractivity contribution in [2.75, 3.05) is 12.4 Å². The van der Waals surface area contributed by atoms with Gasteiger partial charge in [0.1, 0.15) is 12.1 Å². The molecular weight excluding hydrogens is 350 g/mol. The summed E-state index contributed by atoms with van der Waals surface area (Å²) in [6.45, 7) is 1.49. The minimum atomic E-state index is 0.600. The smallest absolute Gasteiger partial charge is 0.191 e. The third-order valence-electron chi connectivity index (χ3n) is 3.14. The van der Waals surface area contributed by atoms with Crippen molar-refractivity contribution in [2.24, 2.45) is 0 Å². The Hall–Kier alpha value is -1.50. The summed E-state index contributed by atoms with van der Waals surface area (Å²) in [5, 5.41) is 11.9. The predicted octanol–water partition coefficient (Wildman–Crippen LogP) is 4.41. The summed E-state index contributed by atoms with van der Waals surface area (Å²) >= 11 is 9.36. The molecule has 2 heterocycles. The largest absolute Gasteiger partial charge is 0.493 e. The Bertz CT molecular complexity index is 731. The van der Waals surface area contributed by atoms with Gasteiger partial charge in [0.05, 0.1) is 6.61 Å². The third-order valence-corrected chi connectivity index (χ3v) is 5.25. The van der Waals surface area contributed by atoms with Crippen LogP contribution < -0.4 is 4.74 Å². The van der Waals surface area contributed by atoms with Crippen molar-refractivity contribution in [3.05, 3.63) is 58.0 Å². The second-order valence-corrected chi connectivity index (χ2v) is 7.32. The van der Waals surface area contributed by atoms with Gasteiger partial charge in [-0.25, -0.2) is 0 Å². The van der Waals surface area contributed by atoms with Crippen LogP contribution in [0.3, 0.4) is 0 Å². The fraction of sp³-hybridized carbons (Fsp3) is 0.250. The van der Waals surface area contributed by atoms with E-state index in [1.54, 1.807) is 29.4 Å². The Morgan fingerprint density at radius 2 is 2.22 bits per heavy atom. The van der Waals surface area contributed by atoms with Crippen molar-refractivity contribution in [3.8, 4) is 5.75 Å². The predicted molar refractivity (Wildman–Crippen MR) is 95.7 cm³/mol. The maximum atomic E-state index is 5.93. The van der Waals surface area contributed by atoms with E-state index >= 15 is 0 Å². The quantitative estimate of drug-likeness (QED) is 0.438. The Morgan fingerprint density at radius 1 is 1.26 bits per heavy atom. The number of thiophene rings is 1. The highest BCUT2D eigenvalue weighted by Crippen LogP contribution is 2.19. The monoisotopic (exact) mass is 365 g/mol. The molecule has 3 rings (SSSR count). The molecule has 0 bridgehead atoms. The standard InChI is InChI=1S/C16H16ClN3OS2/c17-13-3-1-4-14(11-13)21-8-10-23-16-19-18-12-20(16)7-6-15-5-2-9-22-15/h1-5,9,11-12H,6-8,10H2. The van der Waals surface area contributed by atoms with E-state index in [0.717, 1.165) is 29.6 Å². The minimum Gasteiger partial charge on any atom is -0.493 e. The number of aromatic nitrogens is 3. The van der Waals surface area contributed by atoms with E-state index in [1.807, 2.05) is 24.3 Å². The molecule has 4 nitrogen and oxygen atoms in total. The van der Waals surface area contributed by atoms with Crippen molar-refractivity contribution in [1.82, 2.24) is 14.8 Å². The molecule has 120 valence electrons. The maximum absolute atomic E-state index is 5.93. The molecule has 0 unspecified atom stereocenters. The fourth-order valence-corrected chi connectivity index (χ4v) is 3.68. The summed E-state index contributed by atoms with van der Waals surface area (Å²) in [6.07, 6.45) is 2.79. The van der Waals surface area contributed by atoms with Crippen LogP contribution >= 0.6 is 34.7 Å². The number of hydrogen-bond donors (Lipinski definition) is 0. The van der Waals surface area contributed by atoms with Gasteiger partial charge in [-0.2, -0.15) is 0 Å². The van der Waals surface area contributed by atoms with Crippen molar-refractivity contribution in [1.29, 1.82) is 0 Å². The molecule has 0 fully saturated rings. The van der Waals surface area contributed by atoms with Gasteiger partial charge in [0.25, 0.3) is 0 Å². The lowest BCUT2D eigenvalue weighted by molar-refractivity contribution is 0.344. The number of nitrogens with zero attached hydrogens (tertiary/aromatic N) is 3. The SMILES string of the molecule is Clc1cccc(OCCSc2nncn2CCc2cccs2)c1. The second-order valence-electron chi connectivity index (χ2n) is 4.79. The molecule has 0 amide bonds. The molecule has 23 heavy (non-hydrogen) atoms. The Kier molecular flexibility index (Phi) is 5.96. The first-order valence-electron chi connectivity index (χ1n) is 7.22. The molecule has 0 aliphatic carbocycles. The molecule has 0 radical (unpaired) electrons. The van der Waals surface area contributed by atoms with Gasteiger partial charge < -0.3 is 9.30 Å². The van der Waals surface area contributed by atoms with Gasteiger partial charge in [0, 0.05) is 22.2 Å². The van der Waals surface area contributed by atoms with E-state index in [-0.39, 0.29) is 0 Å². The lowest BCUT2D eigenvalue weighted by Gasteiger charge is -2.07. The molecule has 0 aliphatic rings. The molecule has 7 heteroatoms. The first-order chi connectivity index (χ1) is 11.3. The van der Waals surface area contributed by atoms with E-state index in [2.05, 4.69) is 32.3 Å². The van der Waals surface area contributed by atoms with Crippen LogP contribution in [0.2, 0.25) is 5.02 Å². The van der Waals surface area contributed by atoms with Gasteiger partial charge in [0.15, 0.2) is 5.16 Å². The summed E-state index contributed by atoms with van der Waals surface area (Å²) < 4.78 is 7.77. The number of rotatable bonds is 8. The van der Waals surface area contributed by atoms with Crippen molar-refractivity contribution in [3.63, 3.8) is 0 Å². The zero-order valence-corrected chi connectivity index (χ0v) is 14.8. The third kappa shape index (κ3) is 4.99. The van der Waals surface area contributed by atoms with Crippen molar-refractivity contribution < 1.29 is 4.74 Å². The molecule has 3 aromatic rings. The summed E-state index contributed by atoms with van der Waals surface area (Å²) in [4.78, 5) is 1.37. The van der Waals surface area contributed by atoms with E-state index in [4.69, 9.17) is 16.3 Å². The average Bonchev–Trinajstić information content (AvgIpc) is 3.21. The second kappa shape index (κ2) is 8.38. The molecule has 2 aromatic heterocycles. The van der Waals surface area contributed by atoms with Crippen LogP contribution in [0.15, 0.2) is 53.3 Å². The van der Waals surface area contributed by atoms with Gasteiger partial charge in [0.2, 0.25) is 0 Å². The summed E-state index contributed by atoms with van der Waals surface area (Å²) in [6, 6.07) is 11.7. The number of ether oxygens (including phenoxy) is 1. The van der Waals surface area contributed by atoms with E-state index < -0.39 is 0 Å². The number of thioether (sulfide) groups is 1. The summed E-state index contributed by atoms with van der Waals surface area (Å²) in [5.74, 6) is 1.60. The van der Waals surface area contributed by atoms with Crippen LogP contribution in [0.25, 0.3) is 0 Å². The van der Waals surface area contributed by atoms with Crippen molar-refractivity contribution in [2.45, 2.75) is 18.1 Å². The highest BCUT2D eigenvalue weighted by molar-refractivity contribution is 7.99. The summed E-state index contributed by atoms with van der Waals surface area (Å²) in [5.41, 5.74) is 0. The van der Waals surface area contributed by atoms with Crippen molar-refractivity contribution >= 4 is 34.7 Å². The molecule has 0 saturated heterocycles. The highest BCUT2D eigenvalue weighted by Gasteiger charge is 2.06. The Balaban J connectivity index is 1.44. The minimum absolute atomic E-state index is 0.600. The zero-order valence-electron chi connectivity index (χ0n) is 12.4. The van der Waals surface area contributed by atoms with E-state index in [9.17, 15) is 0 Å². The molecular formula is C16H16ClN3OS2. The Labute approximate surface area is 148 Å². The van der Waals surface area contributed by atoms with Crippen LogP contribution in [0.5, 0.6) is 5.75 Å². The average molecular weight is 366 g/mol. The molecule has 0 spiro atoms. The van der Waals surface area contributed by atoms with Crippen LogP contribution in [0.1, 0.15) is 4.88 Å². The number of aryl methyl sites for hydroxylation is 2. The van der Waals surface area contributed by atoms with E-state index in [1.165, 1.54) is 4.88 Å². The first kappa shape index (κ1) is 16.4. The number of benzene rings is 1. The zero-order chi connectivity index (χ0) is 15.9. The van der Waals surface area contributed by atoms with Crippen LogP contribution in [-0.4, -0.2) is 27.1 Å². The maximum Gasteiger partial charge on any atom is 0.191 e. The van der Waals surface area contributed by atoms with Gasteiger partial charge in [-0.15, -0.1) is 21.5 Å². The van der Waals surface area contributed by atoms with E-state index in [0.29, 0.717) is 11.6 Å².